The van der Waals surface area contributed by atoms with Crippen LogP contribution in [0.25, 0.3) is 32.9 Å². The van der Waals surface area contributed by atoms with Crippen molar-refractivity contribution in [1.82, 2.24) is 19.9 Å². The SMILES string of the molecule is CC(C)(C)[Si](C)(C)OCC1CCC2(COc3nc(N4CC5CCC(C5)C4)c4cnc(-c5cccc6cccc(Cl)c56)c(F)c4n3)CCCN12. The van der Waals surface area contributed by atoms with E-state index in [-0.39, 0.29) is 27.8 Å². The van der Waals surface area contributed by atoms with Crippen LogP contribution in [0.15, 0.2) is 42.6 Å². The molecule has 1 aliphatic carbocycles. The standard InChI is InChI=1S/C39H49ClFN5O2Si/c1-38(2,3)49(4,5)48-23-28-15-17-39(16-8-18-46(28)39)24-47-37-43-35-30(36(44-37)45-21-25-13-14-26(19-25)22-45)20-42-34(33(35)41)29-11-6-9-27-10-7-12-31(40)32(27)29/h6-7,9-12,20,25-26,28H,8,13-19,21-24H2,1-5H3. The Hall–Kier alpha value is -2.85. The van der Waals surface area contributed by atoms with E-state index in [2.05, 4.69) is 43.7 Å². The van der Waals surface area contributed by atoms with Gasteiger partial charge in [0.15, 0.2) is 14.1 Å². The van der Waals surface area contributed by atoms with E-state index < -0.39 is 14.1 Å². The fourth-order valence-electron chi connectivity index (χ4n) is 8.90. The molecule has 1 saturated carbocycles. The second-order valence-electron chi connectivity index (χ2n) is 16.7. The van der Waals surface area contributed by atoms with Crippen molar-refractivity contribution < 1.29 is 13.6 Å². The Morgan fingerprint density at radius 1 is 1.02 bits per heavy atom. The molecule has 3 aliphatic heterocycles. The predicted molar refractivity (Wildman–Crippen MR) is 199 cm³/mol. The van der Waals surface area contributed by atoms with Crippen LogP contribution in [0.1, 0.15) is 65.7 Å². The van der Waals surface area contributed by atoms with Crippen molar-refractivity contribution >= 4 is 47.4 Å². The fraction of sp³-hybridized carbons (Fsp3) is 0.564. The molecule has 0 amide bonds. The van der Waals surface area contributed by atoms with Crippen molar-refractivity contribution in [3.8, 4) is 17.3 Å². The lowest BCUT2D eigenvalue weighted by Crippen LogP contribution is -2.50. The first kappa shape index (κ1) is 33.3. The van der Waals surface area contributed by atoms with Gasteiger partial charge in [-0.1, -0.05) is 62.7 Å². The molecule has 5 heterocycles. The summed E-state index contributed by atoms with van der Waals surface area (Å²) in [7, 11) is -1.85. The Bertz CT molecular complexity index is 1880. The number of piperidine rings is 1. The molecule has 4 aromatic rings. The summed E-state index contributed by atoms with van der Waals surface area (Å²) in [6.45, 7) is 15.7. The molecule has 3 saturated heterocycles. The summed E-state index contributed by atoms with van der Waals surface area (Å²) in [6, 6.07) is 12.1. The molecule has 0 radical (unpaired) electrons. The van der Waals surface area contributed by atoms with Crippen molar-refractivity contribution in [2.24, 2.45) is 11.8 Å². The van der Waals surface area contributed by atoms with E-state index in [4.69, 9.17) is 35.7 Å². The van der Waals surface area contributed by atoms with Crippen LogP contribution in [0.4, 0.5) is 10.2 Å². The molecular weight excluding hydrogens is 653 g/mol. The monoisotopic (exact) mass is 701 g/mol. The number of aromatic nitrogens is 3. The van der Waals surface area contributed by atoms with E-state index >= 15 is 4.39 Å². The van der Waals surface area contributed by atoms with Gasteiger partial charge in [-0.15, -0.1) is 0 Å². The average Bonchev–Trinajstić information content (AvgIpc) is 3.75. The fourth-order valence-corrected chi connectivity index (χ4v) is 10.2. The third-order valence-electron chi connectivity index (χ3n) is 12.6. The summed E-state index contributed by atoms with van der Waals surface area (Å²) in [5.74, 6) is 1.54. The quantitative estimate of drug-likeness (QED) is 0.170. The van der Waals surface area contributed by atoms with Gasteiger partial charge in [0.05, 0.1) is 10.9 Å². The molecule has 8 rings (SSSR count). The van der Waals surface area contributed by atoms with E-state index in [0.29, 0.717) is 40.5 Å². The van der Waals surface area contributed by atoms with Crippen molar-refractivity contribution in [2.75, 3.05) is 37.7 Å². The van der Waals surface area contributed by atoms with Crippen LogP contribution >= 0.6 is 11.6 Å². The minimum atomic E-state index is -1.85. The first-order chi connectivity index (χ1) is 23.4. The Kier molecular flexibility index (Phi) is 8.44. The Morgan fingerprint density at radius 3 is 2.53 bits per heavy atom. The average molecular weight is 702 g/mol. The molecule has 260 valence electrons. The van der Waals surface area contributed by atoms with Crippen molar-refractivity contribution in [3.05, 3.63) is 53.4 Å². The number of ether oxygens (including phenoxy) is 1. The lowest BCUT2D eigenvalue weighted by atomic mass is 9.95. The summed E-state index contributed by atoms with van der Waals surface area (Å²) in [5, 5.41) is 3.10. The third kappa shape index (κ3) is 5.92. The van der Waals surface area contributed by atoms with Gasteiger partial charge in [-0.3, -0.25) is 9.88 Å². The number of benzene rings is 2. The van der Waals surface area contributed by atoms with Gasteiger partial charge in [0.2, 0.25) is 0 Å². The highest BCUT2D eigenvalue weighted by molar-refractivity contribution is 6.74. The highest BCUT2D eigenvalue weighted by atomic mass is 35.5. The van der Waals surface area contributed by atoms with Crippen LogP contribution < -0.4 is 9.64 Å². The Morgan fingerprint density at radius 2 is 1.78 bits per heavy atom. The van der Waals surface area contributed by atoms with Crippen molar-refractivity contribution in [1.29, 1.82) is 0 Å². The van der Waals surface area contributed by atoms with Gasteiger partial charge in [-0.05, 0) is 92.9 Å². The molecule has 0 spiro atoms. The van der Waals surface area contributed by atoms with Crippen LogP contribution in [0, 0.1) is 17.7 Å². The Balaban J connectivity index is 1.13. The summed E-state index contributed by atoms with van der Waals surface area (Å²) in [4.78, 5) is 19.5. The van der Waals surface area contributed by atoms with E-state index in [9.17, 15) is 0 Å². The predicted octanol–water partition coefficient (Wildman–Crippen LogP) is 9.27. The lowest BCUT2D eigenvalue weighted by Gasteiger charge is -2.39. The van der Waals surface area contributed by atoms with E-state index in [1.165, 1.54) is 19.3 Å². The van der Waals surface area contributed by atoms with Gasteiger partial charge in [-0.2, -0.15) is 9.97 Å². The van der Waals surface area contributed by atoms with Crippen LogP contribution in [0.3, 0.4) is 0 Å². The molecule has 10 heteroatoms. The number of anilines is 1. The van der Waals surface area contributed by atoms with Gasteiger partial charge in [-0.25, -0.2) is 4.39 Å². The topological polar surface area (TPSA) is 63.6 Å². The summed E-state index contributed by atoms with van der Waals surface area (Å²) < 4.78 is 30.2. The molecule has 4 unspecified atom stereocenters. The van der Waals surface area contributed by atoms with Crippen molar-refractivity contribution in [2.45, 2.75) is 95.4 Å². The molecular formula is C39H49ClFN5O2Si. The number of fused-ring (bicyclic) bond motifs is 5. The minimum Gasteiger partial charge on any atom is -0.461 e. The highest BCUT2D eigenvalue weighted by Gasteiger charge is 2.50. The van der Waals surface area contributed by atoms with Crippen LogP contribution in [0.5, 0.6) is 6.01 Å². The molecule has 49 heavy (non-hydrogen) atoms. The molecule has 2 aromatic heterocycles. The van der Waals surface area contributed by atoms with Crippen molar-refractivity contribution in [3.63, 3.8) is 0 Å². The maximum atomic E-state index is 16.9. The van der Waals surface area contributed by atoms with Gasteiger partial charge < -0.3 is 14.1 Å². The second kappa shape index (κ2) is 12.4. The molecule has 4 aliphatic rings. The minimum absolute atomic E-state index is 0.0776. The largest absolute Gasteiger partial charge is 0.461 e. The zero-order valence-corrected chi connectivity index (χ0v) is 31.3. The van der Waals surface area contributed by atoms with Gasteiger partial charge in [0.1, 0.15) is 23.6 Å². The smallest absolute Gasteiger partial charge is 0.319 e. The number of rotatable bonds is 8. The van der Waals surface area contributed by atoms with Crippen LogP contribution in [-0.4, -0.2) is 72.6 Å². The zero-order valence-electron chi connectivity index (χ0n) is 29.6. The molecule has 2 aromatic carbocycles. The number of hydrogen-bond donors (Lipinski definition) is 0. The summed E-state index contributed by atoms with van der Waals surface area (Å²) >= 11 is 6.67. The first-order valence-electron chi connectivity index (χ1n) is 18.2. The van der Waals surface area contributed by atoms with E-state index in [1.807, 2.05) is 36.4 Å². The Labute approximate surface area is 295 Å². The first-order valence-corrected chi connectivity index (χ1v) is 21.5. The van der Waals surface area contributed by atoms with E-state index in [1.54, 1.807) is 6.20 Å². The maximum Gasteiger partial charge on any atom is 0.319 e. The number of pyridine rings is 1. The van der Waals surface area contributed by atoms with Gasteiger partial charge in [0, 0.05) is 47.9 Å². The van der Waals surface area contributed by atoms with Crippen LogP contribution in [-0.2, 0) is 4.43 Å². The van der Waals surface area contributed by atoms with Gasteiger partial charge in [0.25, 0.3) is 0 Å². The molecule has 4 fully saturated rings. The third-order valence-corrected chi connectivity index (χ3v) is 17.4. The molecule has 7 nitrogen and oxygen atoms in total. The summed E-state index contributed by atoms with van der Waals surface area (Å²) in [6.07, 6.45) is 9.85. The second-order valence-corrected chi connectivity index (χ2v) is 21.9. The number of halogens is 2. The van der Waals surface area contributed by atoms with Crippen LogP contribution in [0.2, 0.25) is 23.2 Å². The highest BCUT2D eigenvalue weighted by Crippen LogP contribution is 2.45. The maximum absolute atomic E-state index is 16.9. The molecule has 2 bridgehead atoms. The lowest BCUT2D eigenvalue weighted by molar-refractivity contribution is 0.0663. The normalized spacial score (nSPS) is 25.9. The van der Waals surface area contributed by atoms with Gasteiger partial charge >= 0.3 is 6.01 Å². The molecule has 4 atom stereocenters. The zero-order chi connectivity index (χ0) is 34.1. The van der Waals surface area contributed by atoms with E-state index in [0.717, 1.165) is 68.5 Å². The summed E-state index contributed by atoms with van der Waals surface area (Å²) in [5.41, 5.74) is 1.06. The number of hydrogen-bond acceptors (Lipinski definition) is 7. The number of nitrogens with zero attached hydrogens (tertiary/aromatic N) is 5. The molecule has 0 N–H and O–H groups in total.